The van der Waals surface area contributed by atoms with Crippen molar-refractivity contribution in [2.24, 2.45) is 0 Å². The summed E-state index contributed by atoms with van der Waals surface area (Å²) in [5.74, 6) is -0.118. The average molecular weight is 360 g/mol. The third kappa shape index (κ3) is 5.17. The fourth-order valence-electron chi connectivity index (χ4n) is 2.67. The van der Waals surface area contributed by atoms with Crippen LogP contribution in [0.5, 0.6) is 0 Å². The number of carbonyl (C=O) groups is 1. The second-order valence-corrected chi connectivity index (χ2v) is 8.26. The van der Waals surface area contributed by atoms with Crippen LogP contribution in [0.15, 0.2) is 24.3 Å². The third-order valence-corrected chi connectivity index (χ3v) is 5.78. The van der Waals surface area contributed by atoms with E-state index in [9.17, 15) is 13.2 Å². The minimum Gasteiger partial charge on any atom is -0.324 e. The van der Waals surface area contributed by atoms with Crippen molar-refractivity contribution < 1.29 is 13.2 Å². The van der Waals surface area contributed by atoms with Gasteiger partial charge in [-0.25, -0.2) is 12.7 Å². The summed E-state index contributed by atoms with van der Waals surface area (Å²) in [5, 5.41) is 3.31. The minimum absolute atomic E-state index is 0.00730. The first-order chi connectivity index (χ1) is 10.8. The normalized spacial score (nSPS) is 17.4. The fourth-order valence-corrected chi connectivity index (χ4v) is 3.60. The summed E-state index contributed by atoms with van der Waals surface area (Å²) < 4.78 is 24.5. The Hall–Kier alpha value is -1.15. The summed E-state index contributed by atoms with van der Waals surface area (Å²) in [6.45, 7) is 1.67. The van der Waals surface area contributed by atoms with Gasteiger partial charge in [0.25, 0.3) is 0 Å². The van der Waals surface area contributed by atoms with Gasteiger partial charge < -0.3 is 5.32 Å². The van der Waals surface area contributed by atoms with Crippen LogP contribution in [0.25, 0.3) is 0 Å². The van der Waals surface area contributed by atoms with E-state index < -0.39 is 10.0 Å². The average Bonchev–Trinajstić information content (AvgIpc) is 2.49. The lowest BCUT2D eigenvalue weighted by atomic mass is 10.1. The van der Waals surface area contributed by atoms with E-state index in [1.165, 1.54) is 10.6 Å². The molecule has 6 nitrogen and oxygen atoms in total. The number of nitrogens with one attached hydrogen (secondary N) is 1. The van der Waals surface area contributed by atoms with E-state index in [2.05, 4.69) is 5.32 Å². The Labute approximate surface area is 142 Å². The van der Waals surface area contributed by atoms with Gasteiger partial charge in [0.1, 0.15) is 0 Å². The molecule has 23 heavy (non-hydrogen) atoms. The molecule has 1 saturated heterocycles. The smallest absolute Gasteiger partial charge is 0.238 e. The Morgan fingerprint density at radius 3 is 2.52 bits per heavy atom. The van der Waals surface area contributed by atoms with E-state index in [1.807, 2.05) is 11.0 Å². The number of likely N-dealkylation sites (tertiary alicyclic amines) is 1. The Morgan fingerprint density at radius 2 is 1.96 bits per heavy atom. The number of sulfonamides is 1. The first kappa shape index (κ1) is 18.2. The van der Waals surface area contributed by atoms with Crippen molar-refractivity contribution in [3.8, 4) is 0 Å². The summed E-state index contributed by atoms with van der Waals surface area (Å²) >= 11 is 6.02. The summed E-state index contributed by atoms with van der Waals surface area (Å²) in [4.78, 5) is 14.1. The van der Waals surface area contributed by atoms with E-state index in [1.54, 1.807) is 25.2 Å². The molecule has 0 spiro atoms. The molecule has 1 aliphatic rings. The molecule has 1 amide bonds. The Bertz CT molecular complexity index is 658. The van der Waals surface area contributed by atoms with Crippen LogP contribution < -0.4 is 5.32 Å². The number of benzene rings is 1. The molecule has 1 aromatic carbocycles. The van der Waals surface area contributed by atoms with Gasteiger partial charge in [-0.15, -0.1) is 0 Å². The van der Waals surface area contributed by atoms with Crippen LogP contribution in [0.2, 0.25) is 5.02 Å². The lowest BCUT2D eigenvalue weighted by Crippen LogP contribution is -2.47. The van der Waals surface area contributed by atoms with Crippen LogP contribution in [0.4, 0.5) is 5.69 Å². The van der Waals surface area contributed by atoms with Crippen molar-refractivity contribution in [3.63, 3.8) is 0 Å². The van der Waals surface area contributed by atoms with E-state index >= 15 is 0 Å². The molecule has 2 rings (SSSR count). The van der Waals surface area contributed by atoms with Crippen molar-refractivity contribution >= 4 is 33.2 Å². The molecule has 0 aliphatic carbocycles. The van der Waals surface area contributed by atoms with Gasteiger partial charge in [0, 0.05) is 26.2 Å². The van der Waals surface area contributed by atoms with Gasteiger partial charge in [-0.1, -0.05) is 23.7 Å². The van der Waals surface area contributed by atoms with Crippen molar-refractivity contribution in [1.82, 2.24) is 9.21 Å². The molecule has 1 N–H and O–H groups in total. The molecule has 0 aromatic heterocycles. The number of nitrogens with zero attached hydrogens (tertiary/aromatic N) is 2. The van der Waals surface area contributed by atoms with Gasteiger partial charge in [0.15, 0.2) is 0 Å². The molecule has 1 heterocycles. The lowest BCUT2D eigenvalue weighted by molar-refractivity contribution is -0.117. The zero-order chi connectivity index (χ0) is 17.0. The molecule has 0 bridgehead atoms. The fraction of sp³-hybridized carbons (Fsp3) is 0.533. The summed E-state index contributed by atoms with van der Waals surface area (Å²) in [7, 11) is -1.56. The molecular formula is C15H22ClN3O3S. The standard InChI is InChI=1S/C15H22ClN3O3S/c1-18(23(2,21)22)12-7-9-19(10-8-12)11-15(20)17-14-6-4-3-5-13(14)16/h3-6,12H,7-11H2,1-2H3,(H,17,20). The quantitative estimate of drug-likeness (QED) is 0.867. The maximum Gasteiger partial charge on any atom is 0.238 e. The first-order valence-corrected chi connectivity index (χ1v) is 9.70. The molecular weight excluding hydrogens is 338 g/mol. The van der Waals surface area contributed by atoms with Crippen molar-refractivity contribution in [2.75, 3.05) is 38.3 Å². The highest BCUT2D eigenvalue weighted by Crippen LogP contribution is 2.21. The summed E-state index contributed by atoms with van der Waals surface area (Å²) in [6.07, 6.45) is 2.67. The Balaban J connectivity index is 1.82. The highest BCUT2D eigenvalue weighted by molar-refractivity contribution is 7.88. The zero-order valence-corrected chi connectivity index (χ0v) is 14.9. The number of amides is 1. The molecule has 8 heteroatoms. The second kappa shape index (κ2) is 7.61. The summed E-state index contributed by atoms with van der Waals surface area (Å²) in [5.41, 5.74) is 0.603. The van der Waals surface area contributed by atoms with E-state index in [0.717, 1.165) is 12.8 Å². The number of hydrogen-bond donors (Lipinski definition) is 1. The number of carbonyl (C=O) groups excluding carboxylic acids is 1. The van der Waals surface area contributed by atoms with Gasteiger partial charge in [0.05, 0.1) is 23.5 Å². The molecule has 1 aromatic rings. The van der Waals surface area contributed by atoms with Crippen LogP contribution in [-0.4, -0.2) is 62.5 Å². The first-order valence-electron chi connectivity index (χ1n) is 7.47. The minimum atomic E-state index is -3.17. The van der Waals surface area contributed by atoms with E-state index in [4.69, 9.17) is 11.6 Å². The van der Waals surface area contributed by atoms with Crippen LogP contribution in [0.1, 0.15) is 12.8 Å². The predicted octanol–water partition coefficient (Wildman–Crippen LogP) is 1.63. The van der Waals surface area contributed by atoms with Crippen molar-refractivity contribution in [2.45, 2.75) is 18.9 Å². The zero-order valence-electron chi connectivity index (χ0n) is 13.3. The van der Waals surface area contributed by atoms with Crippen LogP contribution in [0, 0.1) is 0 Å². The lowest BCUT2D eigenvalue weighted by Gasteiger charge is -2.35. The number of halogens is 1. The predicted molar refractivity (Wildman–Crippen MR) is 92.2 cm³/mol. The third-order valence-electron chi connectivity index (χ3n) is 4.11. The molecule has 0 saturated carbocycles. The van der Waals surface area contributed by atoms with Gasteiger partial charge in [-0.2, -0.15) is 0 Å². The maximum absolute atomic E-state index is 12.1. The number of para-hydroxylation sites is 1. The van der Waals surface area contributed by atoms with Crippen LogP contribution in [-0.2, 0) is 14.8 Å². The van der Waals surface area contributed by atoms with Gasteiger partial charge in [-0.3, -0.25) is 9.69 Å². The molecule has 0 unspecified atom stereocenters. The number of rotatable bonds is 5. The number of anilines is 1. The van der Waals surface area contributed by atoms with Crippen LogP contribution in [0.3, 0.4) is 0 Å². The summed E-state index contributed by atoms with van der Waals surface area (Å²) in [6, 6.07) is 7.11. The monoisotopic (exact) mass is 359 g/mol. The van der Waals surface area contributed by atoms with E-state index in [0.29, 0.717) is 23.8 Å². The van der Waals surface area contributed by atoms with Crippen LogP contribution >= 0.6 is 11.6 Å². The Kier molecular flexibility index (Phi) is 6.02. The van der Waals surface area contributed by atoms with Crippen molar-refractivity contribution in [1.29, 1.82) is 0 Å². The van der Waals surface area contributed by atoms with Gasteiger partial charge in [0.2, 0.25) is 15.9 Å². The molecule has 1 fully saturated rings. The molecule has 0 atom stereocenters. The molecule has 1 aliphatic heterocycles. The SMILES string of the molecule is CN(C1CCN(CC(=O)Nc2ccccc2Cl)CC1)S(C)(=O)=O. The van der Waals surface area contributed by atoms with Crippen molar-refractivity contribution in [3.05, 3.63) is 29.3 Å². The number of hydrogen-bond acceptors (Lipinski definition) is 4. The number of piperidine rings is 1. The maximum atomic E-state index is 12.1. The largest absolute Gasteiger partial charge is 0.324 e. The van der Waals surface area contributed by atoms with Gasteiger partial charge >= 0.3 is 0 Å². The van der Waals surface area contributed by atoms with Gasteiger partial charge in [-0.05, 0) is 25.0 Å². The Morgan fingerprint density at radius 1 is 1.35 bits per heavy atom. The molecule has 0 radical (unpaired) electrons. The highest BCUT2D eigenvalue weighted by atomic mass is 35.5. The van der Waals surface area contributed by atoms with E-state index in [-0.39, 0.29) is 18.5 Å². The topological polar surface area (TPSA) is 69.7 Å². The molecule has 128 valence electrons. The highest BCUT2D eigenvalue weighted by Gasteiger charge is 2.27. The second-order valence-electron chi connectivity index (χ2n) is 5.81.